The van der Waals surface area contributed by atoms with Crippen molar-refractivity contribution < 1.29 is 14.4 Å². The Balaban J connectivity index is 2.55. The van der Waals surface area contributed by atoms with E-state index in [1.807, 2.05) is 0 Å². The predicted octanol–water partition coefficient (Wildman–Crippen LogP) is 0.836. The maximum Gasteiger partial charge on any atom is 0.326 e. The molecule has 2 heterocycles. The third kappa shape index (κ3) is 1.79. The number of aliphatic carboxylic acids is 1. The first-order valence-corrected chi connectivity index (χ1v) is 5.05. The zero-order valence-electron chi connectivity index (χ0n) is 9.71. The van der Waals surface area contributed by atoms with Crippen LogP contribution in [0, 0.1) is 6.92 Å². The molecule has 90 valence electrons. The van der Waals surface area contributed by atoms with Crippen LogP contribution < -0.4 is 4.90 Å². The van der Waals surface area contributed by atoms with Gasteiger partial charge in [0.25, 0.3) is 5.71 Å². The van der Waals surface area contributed by atoms with Gasteiger partial charge in [-0.3, -0.25) is 0 Å². The number of nitrogens with zero attached hydrogens (tertiary/aromatic N) is 4. The zero-order chi connectivity index (χ0) is 12.6. The SMILES string of the molecule is Cc1noc2ncnc(N(C)C(C)C(=O)O)c12. The van der Waals surface area contributed by atoms with Crippen molar-refractivity contribution in [3.63, 3.8) is 0 Å². The third-order valence-electron chi connectivity index (χ3n) is 2.70. The molecule has 2 aromatic rings. The van der Waals surface area contributed by atoms with Crippen LogP contribution >= 0.6 is 0 Å². The van der Waals surface area contributed by atoms with E-state index < -0.39 is 12.0 Å². The molecule has 1 N–H and O–H groups in total. The van der Waals surface area contributed by atoms with Crippen LogP contribution in [0.15, 0.2) is 10.9 Å². The standard InChI is InChI=1S/C10H12N4O3/c1-5-7-8(14(3)6(2)10(15)16)11-4-12-9(7)17-13-5/h4,6H,1-3H3,(H,15,16). The van der Waals surface area contributed by atoms with Crippen molar-refractivity contribution in [2.45, 2.75) is 19.9 Å². The first kappa shape index (κ1) is 11.3. The zero-order valence-corrected chi connectivity index (χ0v) is 9.71. The van der Waals surface area contributed by atoms with E-state index in [-0.39, 0.29) is 0 Å². The Morgan fingerprint density at radius 1 is 1.53 bits per heavy atom. The van der Waals surface area contributed by atoms with Gasteiger partial charge in [0.1, 0.15) is 23.6 Å². The Kier molecular flexibility index (Phi) is 2.66. The van der Waals surface area contributed by atoms with Crippen molar-refractivity contribution in [3.05, 3.63) is 12.0 Å². The Hall–Kier alpha value is -2.18. The molecule has 17 heavy (non-hydrogen) atoms. The van der Waals surface area contributed by atoms with Gasteiger partial charge in [0, 0.05) is 7.05 Å². The summed E-state index contributed by atoms with van der Waals surface area (Å²) in [5.41, 5.74) is 0.997. The Labute approximate surface area is 97.1 Å². The molecule has 0 bridgehead atoms. The Morgan fingerprint density at radius 2 is 2.24 bits per heavy atom. The van der Waals surface area contributed by atoms with Crippen LogP contribution in [0.3, 0.4) is 0 Å². The van der Waals surface area contributed by atoms with Gasteiger partial charge in [-0.2, -0.15) is 4.98 Å². The van der Waals surface area contributed by atoms with Gasteiger partial charge >= 0.3 is 5.97 Å². The molecule has 0 aliphatic rings. The van der Waals surface area contributed by atoms with Crippen LogP contribution in [-0.2, 0) is 4.79 Å². The molecule has 0 aromatic carbocycles. The largest absolute Gasteiger partial charge is 0.480 e. The lowest BCUT2D eigenvalue weighted by Gasteiger charge is -2.22. The highest BCUT2D eigenvalue weighted by atomic mass is 16.5. The van der Waals surface area contributed by atoms with Crippen molar-refractivity contribution in [2.75, 3.05) is 11.9 Å². The van der Waals surface area contributed by atoms with Crippen LogP contribution in [0.5, 0.6) is 0 Å². The molecule has 7 nitrogen and oxygen atoms in total. The number of hydrogen-bond donors (Lipinski definition) is 1. The number of fused-ring (bicyclic) bond motifs is 1. The lowest BCUT2D eigenvalue weighted by molar-refractivity contribution is -0.138. The second-order valence-corrected chi connectivity index (χ2v) is 3.77. The molecule has 0 saturated carbocycles. The fourth-order valence-electron chi connectivity index (χ4n) is 1.52. The molecule has 0 radical (unpaired) electrons. The first-order chi connectivity index (χ1) is 8.02. The van der Waals surface area contributed by atoms with E-state index in [2.05, 4.69) is 15.1 Å². The van der Waals surface area contributed by atoms with Gasteiger partial charge in [-0.05, 0) is 13.8 Å². The van der Waals surface area contributed by atoms with Crippen LogP contribution in [-0.4, -0.2) is 39.3 Å². The molecule has 1 atom stereocenters. The average Bonchev–Trinajstić information content (AvgIpc) is 2.69. The van der Waals surface area contributed by atoms with Gasteiger partial charge < -0.3 is 14.5 Å². The van der Waals surface area contributed by atoms with E-state index in [0.29, 0.717) is 22.6 Å². The number of likely N-dealkylation sites (N-methyl/N-ethyl adjacent to an activating group) is 1. The normalized spacial score (nSPS) is 12.6. The van der Waals surface area contributed by atoms with Crippen molar-refractivity contribution >= 4 is 22.9 Å². The highest BCUT2D eigenvalue weighted by molar-refractivity contribution is 5.90. The van der Waals surface area contributed by atoms with E-state index >= 15 is 0 Å². The minimum Gasteiger partial charge on any atom is -0.480 e. The second kappa shape index (κ2) is 4.00. The summed E-state index contributed by atoms with van der Waals surface area (Å²) < 4.78 is 5.00. The fourth-order valence-corrected chi connectivity index (χ4v) is 1.52. The quantitative estimate of drug-likeness (QED) is 0.843. The minimum atomic E-state index is -0.923. The molecule has 0 aliphatic carbocycles. The molecule has 1 unspecified atom stereocenters. The maximum absolute atomic E-state index is 10.9. The second-order valence-electron chi connectivity index (χ2n) is 3.77. The molecule has 2 aromatic heterocycles. The predicted molar refractivity (Wildman–Crippen MR) is 59.8 cm³/mol. The van der Waals surface area contributed by atoms with Crippen molar-refractivity contribution in [1.29, 1.82) is 0 Å². The number of aromatic nitrogens is 3. The maximum atomic E-state index is 10.9. The molecule has 0 saturated heterocycles. The number of carbonyl (C=O) groups is 1. The smallest absolute Gasteiger partial charge is 0.326 e. The van der Waals surface area contributed by atoms with Crippen molar-refractivity contribution in [3.8, 4) is 0 Å². The van der Waals surface area contributed by atoms with Gasteiger partial charge in [-0.25, -0.2) is 9.78 Å². The van der Waals surface area contributed by atoms with Crippen LogP contribution in [0.2, 0.25) is 0 Å². The summed E-state index contributed by atoms with van der Waals surface area (Å²) in [5, 5.41) is 13.4. The molecular formula is C10H12N4O3. The Morgan fingerprint density at radius 3 is 2.88 bits per heavy atom. The summed E-state index contributed by atoms with van der Waals surface area (Å²) in [7, 11) is 1.66. The number of anilines is 1. The topological polar surface area (TPSA) is 92.4 Å². The van der Waals surface area contributed by atoms with E-state index in [0.717, 1.165) is 0 Å². The number of carboxylic acids is 1. The van der Waals surface area contributed by atoms with Crippen molar-refractivity contribution in [2.24, 2.45) is 0 Å². The van der Waals surface area contributed by atoms with E-state index in [1.54, 1.807) is 25.8 Å². The van der Waals surface area contributed by atoms with Crippen LogP contribution in [0.4, 0.5) is 5.82 Å². The monoisotopic (exact) mass is 236 g/mol. The molecular weight excluding hydrogens is 224 g/mol. The van der Waals surface area contributed by atoms with Gasteiger partial charge in [0.05, 0.1) is 5.69 Å². The van der Waals surface area contributed by atoms with Gasteiger partial charge in [0.15, 0.2) is 0 Å². The molecule has 2 rings (SSSR count). The van der Waals surface area contributed by atoms with E-state index in [1.165, 1.54) is 6.33 Å². The summed E-state index contributed by atoms with van der Waals surface area (Å²) in [5.74, 6) is -0.419. The lowest BCUT2D eigenvalue weighted by Crippen LogP contribution is -2.36. The van der Waals surface area contributed by atoms with Gasteiger partial charge in [-0.15, -0.1) is 0 Å². The van der Waals surface area contributed by atoms with E-state index in [4.69, 9.17) is 9.63 Å². The van der Waals surface area contributed by atoms with Crippen LogP contribution in [0.1, 0.15) is 12.6 Å². The summed E-state index contributed by atoms with van der Waals surface area (Å²) in [6.07, 6.45) is 1.33. The van der Waals surface area contributed by atoms with Crippen LogP contribution in [0.25, 0.3) is 11.1 Å². The van der Waals surface area contributed by atoms with Gasteiger partial charge in [0.2, 0.25) is 0 Å². The highest BCUT2D eigenvalue weighted by Gasteiger charge is 2.22. The number of carboxylic acid groups (broad SMARTS) is 1. The summed E-state index contributed by atoms with van der Waals surface area (Å²) >= 11 is 0. The number of aryl methyl sites for hydroxylation is 1. The Bertz CT molecular complexity index is 566. The molecule has 0 spiro atoms. The first-order valence-electron chi connectivity index (χ1n) is 5.05. The molecule has 0 fully saturated rings. The number of rotatable bonds is 3. The molecule has 0 aliphatic heterocycles. The van der Waals surface area contributed by atoms with Crippen molar-refractivity contribution in [1.82, 2.24) is 15.1 Å². The van der Waals surface area contributed by atoms with E-state index in [9.17, 15) is 4.79 Å². The lowest BCUT2D eigenvalue weighted by atomic mass is 10.2. The molecule has 7 heteroatoms. The summed E-state index contributed by atoms with van der Waals surface area (Å²) in [6, 6.07) is -0.692. The average molecular weight is 236 g/mol. The minimum absolute atomic E-state index is 0.358. The number of hydrogen-bond acceptors (Lipinski definition) is 6. The third-order valence-corrected chi connectivity index (χ3v) is 2.70. The molecule has 0 amide bonds. The summed E-state index contributed by atoms with van der Waals surface area (Å²) in [4.78, 5) is 20.5. The highest BCUT2D eigenvalue weighted by Crippen LogP contribution is 2.25. The summed E-state index contributed by atoms with van der Waals surface area (Å²) in [6.45, 7) is 3.34. The fraction of sp³-hybridized carbons (Fsp3) is 0.400. The van der Waals surface area contributed by atoms with Gasteiger partial charge in [-0.1, -0.05) is 5.16 Å².